The van der Waals surface area contributed by atoms with E-state index in [-0.39, 0.29) is 0 Å². The zero-order valence-electron chi connectivity index (χ0n) is 12.6. The third-order valence-corrected chi connectivity index (χ3v) is 4.41. The maximum atomic E-state index is 5.41. The van der Waals surface area contributed by atoms with Crippen LogP contribution in [-0.2, 0) is 5.75 Å². The molecule has 22 heavy (non-hydrogen) atoms. The summed E-state index contributed by atoms with van der Waals surface area (Å²) in [5.74, 6) is 2.49. The molecule has 0 aliphatic carbocycles. The van der Waals surface area contributed by atoms with Crippen molar-refractivity contribution in [2.75, 3.05) is 14.2 Å². The average molecular weight is 311 g/mol. The summed E-state index contributed by atoms with van der Waals surface area (Å²) in [4.78, 5) is 4.68. The predicted octanol–water partition coefficient (Wildman–Crippen LogP) is 4.54. The molecule has 0 spiro atoms. The van der Waals surface area contributed by atoms with Gasteiger partial charge in [0.2, 0.25) is 0 Å². The lowest BCUT2D eigenvalue weighted by Gasteiger charge is -2.10. The monoisotopic (exact) mass is 311 g/mol. The number of hydrogen-bond donors (Lipinski definition) is 0. The molecule has 0 bridgehead atoms. The van der Waals surface area contributed by atoms with E-state index in [9.17, 15) is 0 Å². The van der Waals surface area contributed by atoms with Crippen LogP contribution in [0.5, 0.6) is 11.5 Å². The van der Waals surface area contributed by atoms with Crippen LogP contribution in [-0.4, -0.2) is 19.2 Å². The van der Waals surface area contributed by atoms with E-state index in [1.807, 2.05) is 36.4 Å². The van der Waals surface area contributed by atoms with Gasteiger partial charge >= 0.3 is 0 Å². The Morgan fingerprint density at radius 3 is 2.64 bits per heavy atom. The number of nitrogens with zero attached hydrogens (tertiary/aromatic N) is 1. The highest BCUT2D eigenvalue weighted by Crippen LogP contribution is 2.30. The van der Waals surface area contributed by atoms with Crippen molar-refractivity contribution in [3.05, 3.63) is 60.2 Å². The number of rotatable bonds is 5. The van der Waals surface area contributed by atoms with E-state index in [2.05, 4.69) is 23.2 Å². The molecule has 4 heteroatoms. The second-order valence-corrected chi connectivity index (χ2v) is 5.80. The van der Waals surface area contributed by atoms with Crippen molar-refractivity contribution in [3.8, 4) is 11.5 Å². The van der Waals surface area contributed by atoms with E-state index in [1.165, 1.54) is 0 Å². The predicted molar refractivity (Wildman–Crippen MR) is 90.9 cm³/mol. The van der Waals surface area contributed by atoms with Gasteiger partial charge in [-0.1, -0.05) is 24.3 Å². The summed E-state index contributed by atoms with van der Waals surface area (Å²) < 4.78 is 10.7. The lowest BCUT2D eigenvalue weighted by Crippen LogP contribution is -1.93. The van der Waals surface area contributed by atoms with Gasteiger partial charge in [-0.15, -0.1) is 11.8 Å². The van der Waals surface area contributed by atoms with Gasteiger partial charge in [0, 0.05) is 16.7 Å². The van der Waals surface area contributed by atoms with Gasteiger partial charge < -0.3 is 9.47 Å². The number of benzene rings is 2. The Balaban J connectivity index is 1.81. The molecule has 0 fully saturated rings. The minimum absolute atomic E-state index is 0.783. The smallest absolute Gasteiger partial charge is 0.123 e. The van der Waals surface area contributed by atoms with Crippen LogP contribution in [0.25, 0.3) is 10.9 Å². The second-order valence-electron chi connectivity index (χ2n) is 4.81. The first kappa shape index (κ1) is 14.7. The normalized spacial score (nSPS) is 10.6. The van der Waals surface area contributed by atoms with E-state index >= 15 is 0 Å². The van der Waals surface area contributed by atoms with E-state index < -0.39 is 0 Å². The Labute approximate surface area is 134 Å². The van der Waals surface area contributed by atoms with Gasteiger partial charge in [0.15, 0.2) is 0 Å². The Bertz CT molecular complexity index is 789. The molecule has 0 saturated heterocycles. The largest absolute Gasteiger partial charge is 0.497 e. The molecule has 0 N–H and O–H groups in total. The van der Waals surface area contributed by atoms with Gasteiger partial charge in [-0.3, -0.25) is 0 Å². The Morgan fingerprint density at radius 1 is 0.955 bits per heavy atom. The quantitative estimate of drug-likeness (QED) is 0.647. The number of methoxy groups -OCH3 is 2. The molecular weight excluding hydrogens is 294 g/mol. The number of ether oxygens (including phenoxy) is 2. The molecule has 2 aromatic carbocycles. The van der Waals surface area contributed by atoms with Gasteiger partial charge in [-0.05, 0) is 30.3 Å². The highest BCUT2D eigenvalue weighted by Gasteiger charge is 2.07. The fourth-order valence-corrected chi connectivity index (χ4v) is 3.13. The van der Waals surface area contributed by atoms with Gasteiger partial charge in [0.1, 0.15) is 11.5 Å². The summed E-state index contributed by atoms with van der Waals surface area (Å²) >= 11 is 1.69. The molecule has 0 aliphatic heterocycles. The fraction of sp³-hybridized carbons (Fsp3) is 0.167. The maximum absolute atomic E-state index is 5.41. The maximum Gasteiger partial charge on any atom is 0.123 e. The van der Waals surface area contributed by atoms with Gasteiger partial charge in [0.25, 0.3) is 0 Å². The van der Waals surface area contributed by atoms with Crippen molar-refractivity contribution in [1.29, 1.82) is 0 Å². The van der Waals surface area contributed by atoms with Gasteiger partial charge in [0.05, 0.1) is 24.8 Å². The summed E-state index contributed by atoms with van der Waals surface area (Å²) in [5.41, 5.74) is 2.12. The second kappa shape index (κ2) is 6.71. The van der Waals surface area contributed by atoms with Crippen LogP contribution >= 0.6 is 11.8 Å². The van der Waals surface area contributed by atoms with Crippen molar-refractivity contribution in [1.82, 2.24) is 4.98 Å². The van der Waals surface area contributed by atoms with E-state index in [4.69, 9.17) is 9.47 Å². The van der Waals surface area contributed by atoms with Gasteiger partial charge in [-0.2, -0.15) is 0 Å². The number of fused-ring (bicyclic) bond motifs is 1. The van der Waals surface area contributed by atoms with E-state index in [0.29, 0.717) is 0 Å². The minimum Gasteiger partial charge on any atom is -0.497 e. The Morgan fingerprint density at radius 2 is 1.82 bits per heavy atom. The van der Waals surface area contributed by atoms with Crippen molar-refractivity contribution in [2.24, 2.45) is 0 Å². The molecule has 0 amide bonds. The summed E-state index contributed by atoms with van der Waals surface area (Å²) in [7, 11) is 3.36. The lowest BCUT2D eigenvalue weighted by molar-refractivity contribution is 0.400. The molecule has 3 nitrogen and oxygen atoms in total. The van der Waals surface area contributed by atoms with Crippen molar-refractivity contribution in [2.45, 2.75) is 10.8 Å². The van der Waals surface area contributed by atoms with Crippen LogP contribution in [0.15, 0.2) is 59.6 Å². The third kappa shape index (κ3) is 3.17. The Kier molecular flexibility index (Phi) is 4.49. The molecule has 0 unspecified atom stereocenters. The average Bonchev–Trinajstić information content (AvgIpc) is 2.59. The summed E-state index contributed by atoms with van der Waals surface area (Å²) in [6.45, 7) is 0. The SMILES string of the molecule is COc1ccc(OC)c(CSc2ccc3ccccc3n2)c1. The van der Waals surface area contributed by atoms with Crippen LogP contribution in [0.4, 0.5) is 0 Å². The first-order valence-electron chi connectivity index (χ1n) is 6.99. The molecule has 1 aromatic heterocycles. The number of para-hydroxylation sites is 1. The molecule has 112 valence electrons. The van der Waals surface area contributed by atoms with Crippen LogP contribution in [0.1, 0.15) is 5.56 Å². The van der Waals surface area contributed by atoms with Crippen LogP contribution in [0.2, 0.25) is 0 Å². The van der Waals surface area contributed by atoms with Crippen molar-refractivity contribution >= 4 is 22.7 Å². The number of hydrogen-bond acceptors (Lipinski definition) is 4. The molecular formula is C18H17NO2S. The molecule has 0 aliphatic rings. The lowest BCUT2D eigenvalue weighted by atomic mass is 10.2. The molecule has 3 rings (SSSR count). The van der Waals surface area contributed by atoms with Crippen LogP contribution in [0.3, 0.4) is 0 Å². The topological polar surface area (TPSA) is 31.4 Å². The standard InChI is InChI=1S/C18H17NO2S/c1-20-15-8-9-17(21-2)14(11-15)12-22-18-10-7-13-5-3-4-6-16(13)19-18/h3-11H,12H2,1-2H3. The summed E-state index contributed by atoms with van der Waals surface area (Å²) in [6, 6.07) is 18.1. The van der Waals surface area contributed by atoms with E-state index in [0.717, 1.165) is 38.7 Å². The van der Waals surface area contributed by atoms with E-state index in [1.54, 1.807) is 26.0 Å². The molecule has 1 heterocycles. The number of aromatic nitrogens is 1. The van der Waals surface area contributed by atoms with Gasteiger partial charge in [-0.25, -0.2) is 4.98 Å². The molecule has 0 saturated carbocycles. The van der Waals surface area contributed by atoms with Crippen LogP contribution in [0, 0.1) is 0 Å². The minimum atomic E-state index is 0.783. The van der Waals surface area contributed by atoms with Crippen LogP contribution < -0.4 is 9.47 Å². The molecule has 0 radical (unpaired) electrons. The zero-order valence-corrected chi connectivity index (χ0v) is 13.4. The zero-order chi connectivity index (χ0) is 15.4. The first-order chi connectivity index (χ1) is 10.8. The third-order valence-electron chi connectivity index (χ3n) is 3.44. The van der Waals surface area contributed by atoms with Crippen molar-refractivity contribution < 1.29 is 9.47 Å². The molecule has 3 aromatic rings. The first-order valence-corrected chi connectivity index (χ1v) is 7.98. The highest BCUT2D eigenvalue weighted by atomic mass is 32.2. The summed E-state index contributed by atoms with van der Waals surface area (Å²) in [6.07, 6.45) is 0. The fourth-order valence-electron chi connectivity index (χ4n) is 2.27. The van der Waals surface area contributed by atoms with Crippen molar-refractivity contribution in [3.63, 3.8) is 0 Å². The number of pyridine rings is 1. The summed E-state index contributed by atoms with van der Waals surface area (Å²) in [5, 5.41) is 2.16. The number of thioether (sulfide) groups is 1. The highest BCUT2D eigenvalue weighted by molar-refractivity contribution is 7.98. The molecule has 0 atom stereocenters. The Hall–Kier alpha value is -2.20.